The van der Waals surface area contributed by atoms with Crippen LogP contribution in [-0.4, -0.2) is 14.3 Å². The molecule has 2 aromatic carbocycles. The van der Waals surface area contributed by atoms with Crippen molar-refractivity contribution in [3.8, 4) is 0 Å². The van der Waals surface area contributed by atoms with Gasteiger partial charge in [0, 0.05) is 11.6 Å². The fourth-order valence-corrected chi connectivity index (χ4v) is 3.88. The van der Waals surface area contributed by atoms with Gasteiger partial charge in [0.25, 0.3) is 0 Å². The van der Waals surface area contributed by atoms with Crippen LogP contribution in [0, 0.1) is 17.2 Å². The van der Waals surface area contributed by atoms with E-state index >= 15 is 0 Å². The molecule has 1 aliphatic rings. The van der Waals surface area contributed by atoms with Crippen LogP contribution in [0.25, 0.3) is 0 Å². The highest BCUT2D eigenvalue weighted by Gasteiger charge is 2.62. The molecule has 1 fully saturated rings. The molecule has 5 nitrogen and oxygen atoms in total. The highest BCUT2D eigenvalue weighted by atomic mass is 32.2. The van der Waals surface area contributed by atoms with Crippen molar-refractivity contribution >= 4 is 21.6 Å². The van der Waals surface area contributed by atoms with Gasteiger partial charge < -0.3 is 5.32 Å². The molecule has 132 valence electrons. The summed E-state index contributed by atoms with van der Waals surface area (Å²) in [5.41, 5.74) is 1.17. The molecule has 0 bridgehead atoms. The quantitative estimate of drug-likeness (QED) is 0.876. The summed E-state index contributed by atoms with van der Waals surface area (Å²) in [6.45, 7) is 3.97. The Morgan fingerprint density at radius 1 is 1.08 bits per heavy atom. The molecular weight excluding hydrogens is 343 g/mol. The first kappa shape index (κ1) is 17.6. The lowest BCUT2D eigenvalue weighted by Gasteiger charge is -2.06. The smallest absolute Gasteiger partial charge is 0.238 e. The Balaban J connectivity index is 1.77. The molecule has 0 saturated heterocycles. The molecule has 0 aromatic heterocycles. The van der Waals surface area contributed by atoms with Crippen LogP contribution in [0.2, 0.25) is 0 Å². The van der Waals surface area contributed by atoms with Crippen molar-refractivity contribution in [2.45, 2.75) is 24.7 Å². The minimum atomic E-state index is -3.74. The van der Waals surface area contributed by atoms with Crippen molar-refractivity contribution in [1.82, 2.24) is 0 Å². The van der Waals surface area contributed by atoms with Gasteiger partial charge in [-0.15, -0.1) is 0 Å². The Morgan fingerprint density at radius 3 is 2.16 bits per heavy atom. The van der Waals surface area contributed by atoms with Crippen LogP contribution < -0.4 is 10.5 Å². The van der Waals surface area contributed by atoms with E-state index in [2.05, 4.69) is 5.32 Å². The van der Waals surface area contributed by atoms with E-state index in [0.29, 0.717) is 5.69 Å². The third-order valence-corrected chi connectivity index (χ3v) is 5.72. The van der Waals surface area contributed by atoms with Gasteiger partial charge in [0.1, 0.15) is 5.82 Å². The molecule has 0 heterocycles. The van der Waals surface area contributed by atoms with E-state index in [1.54, 1.807) is 12.1 Å². The monoisotopic (exact) mass is 362 g/mol. The van der Waals surface area contributed by atoms with E-state index in [-0.39, 0.29) is 33.9 Å². The maximum absolute atomic E-state index is 13.0. The van der Waals surface area contributed by atoms with Gasteiger partial charge in [0.05, 0.1) is 10.8 Å². The van der Waals surface area contributed by atoms with Crippen molar-refractivity contribution in [2.75, 3.05) is 5.32 Å². The average molecular weight is 362 g/mol. The van der Waals surface area contributed by atoms with E-state index < -0.39 is 10.0 Å². The number of carbonyl (C=O) groups excluding carboxylic acids is 1. The first-order chi connectivity index (χ1) is 11.6. The van der Waals surface area contributed by atoms with Gasteiger partial charge in [-0.3, -0.25) is 4.79 Å². The highest BCUT2D eigenvalue weighted by Crippen LogP contribution is 2.64. The lowest BCUT2D eigenvalue weighted by atomic mass is 10.0. The van der Waals surface area contributed by atoms with Gasteiger partial charge in [-0.25, -0.2) is 17.9 Å². The maximum atomic E-state index is 13.0. The van der Waals surface area contributed by atoms with Crippen LogP contribution in [-0.2, 0) is 14.8 Å². The van der Waals surface area contributed by atoms with E-state index in [1.807, 2.05) is 13.8 Å². The largest absolute Gasteiger partial charge is 0.326 e. The number of halogens is 1. The highest BCUT2D eigenvalue weighted by molar-refractivity contribution is 7.89. The Kier molecular flexibility index (Phi) is 4.17. The van der Waals surface area contributed by atoms with Crippen LogP contribution in [0.4, 0.5) is 10.1 Å². The lowest BCUT2D eigenvalue weighted by Crippen LogP contribution is -2.16. The number of carbonyl (C=O) groups is 1. The van der Waals surface area contributed by atoms with Crippen LogP contribution in [0.3, 0.4) is 0 Å². The second kappa shape index (κ2) is 5.93. The molecular formula is C18H19FN2O3S. The predicted molar refractivity (Wildman–Crippen MR) is 92.9 cm³/mol. The zero-order valence-corrected chi connectivity index (χ0v) is 14.7. The van der Waals surface area contributed by atoms with Crippen LogP contribution in [0.1, 0.15) is 25.3 Å². The Hall–Kier alpha value is -2.25. The number of amides is 1. The molecule has 0 unspecified atom stereocenters. The summed E-state index contributed by atoms with van der Waals surface area (Å²) in [7, 11) is -3.74. The second-order valence-electron chi connectivity index (χ2n) is 6.89. The molecule has 7 heteroatoms. The number of sulfonamides is 1. The molecule has 2 atom stereocenters. The van der Waals surface area contributed by atoms with Crippen molar-refractivity contribution < 1.29 is 17.6 Å². The number of nitrogens with two attached hydrogens (primary N) is 1. The van der Waals surface area contributed by atoms with Crippen molar-refractivity contribution in [3.63, 3.8) is 0 Å². The number of primary sulfonamides is 1. The minimum Gasteiger partial charge on any atom is -0.326 e. The van der Waals surface area contributed by atoms with Crippen LogP contribution in [0.5, 0.6) is 0 Å². The van der Waals surface area contributed by atoms with E-state index in [4.69, 9.17) is 5.14 Å². The first-order valence-electron chi connectivity index (χ1n) is 7.80. The minimum absolute atomic E-state index is 0.0255. The summed E-state index contributed by atoms with van der Waals surface area (Å²) in [6.07, 6.45) is 0. The van der Waals surface area contributed by atoms with Crippen molar-refractivity contribution in [3.05, 3.63) is 59.9 Å². The van der Waals surface area contributed by atoms with Gasteiger partial charge in [0.15, 0.2) is 0 Å². The van der Waals surface area contributed by atoms with E-state index in [0.717, 1.165) is 5.56 Å². The van der Waals surface area contributed by atoms with Gasteiger partial charge >= 0.3 is 0 Å². The fourth-order valence-electron chi connectivity index (χ4n) is 3.37. The second-order valence-corrected chi connectivity index (χ2v) is 8.45. The number of anilines is 1. The summed E-state index contributed by atoms with van der Waals surface area (Å²) >= 11 is 0. The first-order valence-corrected chi connectivity index (χ1v) is 9.34. The maximum Gasteiger partial charge on any atom is 0.238 e. The molecule has 2 aromatic rings. The van der Waals surface area contributed by atoms with E-state index in [1.165, 1.54) is 36.4 Å². The summed E-state index contributed by atoms with van der Waals surface area (Å²) in [4.78, 5) is 12.6. The standard InChI is InChI=1S/C18H19FN2O3S/c1-18(2)15(11-3-9-14(10-4-11)25(20,23)24)16(18)17(22)21-13-7-5-12(19)6-8-13/h3-10,15-16H,1-2H3,(H,21,22)(H2,20,23,24)/t15-,16+/m1/s1. The molecule has 1 saturated carbocycles. The average Bonchev–Trinajstić information content (AvgIpc) is 3.11. The van der Waals surface area contributed by atoms with Crippen LogP contribution in [0.15, 0.2) is 53.4 Å². The molecule has 0 spiro atoms. The number of hydrogen-bond donors (Lipinski definition) is 2. The zero-order chi connectivity index (χ0) is 18.4. The Morgan fingerprint density at radius 2 is 1.64 bits per heavy atom. The van der Waals surface area contributed by atoms with Crippen molar-refractivity contribution in [2.24, 2.45) is 16.5 Å². The molecule has 1 amide bonds. The molecule has 3 N–H and O–H groups in total. The third kappa shape index (κ3) is 3.43. The molecule has 1 aliphatic carbocycles. The summed E-state index contributed by atoms with van der Waals surface area (Å²) in [6, 6.07) is 11.9. The van der Waals surface area contributed by atoms with Crippen LogP contribution >= 0.6 is 0 Å². The topological polar surface area (TPSA) is 89.3 Å². The van der Waals surface area contributed by atoms with Gasteiger partial charge in [-0.05, 0) is 47.4 Å². The summed E-state index contributed by atoms with van der Waals surface area (Å²) < 4.78 is 35.6. The zero-order valence-electron chi connectivity index (χ0n) is 13.9. The Bertz CT molecular complexity index is 906. The number of benzene rings is 2. The Labute approximate surface area is 146 Å². The lowest BCUT2D eigenvalue weighted by molar-refractivity contribution is -0.118. The SMILES string of the molecule is CC1(C)[C@H](C(=O)Nc2ccc(F)cc2)[C@H]1c1ccc(S(N)(=O)=O)cc1. The predicted octanol–water partition coefficient (Wildman–Crippen LogP) is 2.85. The van der Waals surface area contributed by atoms with Crippen molar-refractivity contribution in [1.29, 1.82) is 0 Å². The molecule has 0 radical (unpaired) electrons. The van der Waals surface area contributed by atoms with Gasteiger partial charge in [0.2, 0.25) is 15.9 Å². The molecule has 0 aliphatic heterocycles. The van der Waals surface area contributed by atoms with Gasteiger partial charge in [-0.1, -0.05) is 26.0 Å². The summed E-state index contributed by atoms with van der Waals surface area (Å²) in [5.74, 6) is -0.782. The fraction of sp³-hybridized carbons (Fsp3) is 0.278. The van der Waals surface area contributed by atoms with E-state index in [9.17, 15) is 17.6 Å². The summed E-state index contributed by atoms with van der Waals surface area (Å²) in [5, 5.41) is 7.91. The third-order valence-electron chi connectivity index (χ3n) is 4.79. The molecule has 3 rings (SSSR count). The van der Waals surface area contributed by atoms with Gasteiger partial charge in [-0.2, -0.15) is 0 Å². The molecule has 25 heavy (non-hydrogen) atoms. The number of rotatable bonds is 4. The number of hydrogen-bond acceptors (Lipinski definition) is 3. The normalized spacial score (nSPS) is 21.6. The number of nitrogens with one attached hydrogen (secondary N) is 1.